The van der Waals surface area contributed by atoms with E-state index in [1.807, 2.05) is 17.2 Å². The van der Waals surface area contributed by atoms with Crippen LogP contribution in [0.2, 0.25) is 0 Å². The molecule has 6 nitrogen and oxygen atoms in total. The summed E-state index contributed by atoms with van der Waals surface area (Å²) in [6.45, 7) is 12.0. The van der Waals surface area contributed by atoms with Crippen molar-refractivity contribution in [2.45, 2.75) is 52.1 Å². The van der Waals surface area contributed by atoms with Gasteiger partial charge in [0, 0.05) is 25.2 Å². The number of rotatable bonds is 8. The van der Waals surface area contributed by atoms with Crippen LogP contribution >= 0.6 is 0 Å². The third-order valence-corrected chi connectivity index (χ3v) is 7.27. The third kappa shape index (κ3) is 4.27. The lowest BCUT2D eigenvalue weighted by Crippen LogP contribution is -2.54. The SMILES string of the molecule is CCC1(C)CN(C=O)CC1c1ccc(OC)c(OC2CN(c3ccc(C(C)C)cn3)C2)c1. The van der Waals surface area contributed by atoms with E-state index in [1.54, 1.807) is 7.11 Å². The Morgan fingerprint density at radius 1 is 1.19 bits per heavy atom. The summed E-state index contributed by atoms with van der Waals surface area (Å²) in [6.07, 6.45) is 4.05. The van der Waals surface area contributed by atoms with Crippen LogP contribution in [0.1, 0.15) is 57.1 Å². The summed E-state index contributed by atoms with van der Waals surface area (Å²) in [6, 6.07) is 10.5. The van der Waals surface area contributed by atoms with Crippen molar-refractivity contribution in [3.63, 3.8) is 0 Å². The second-order valence-corrected chi connectivity index (χ2v) is 9.75. The fourth-order valence-corrected chi connectivity index (χ4v) is 4.85. The van der Waals surface area contributed by atoms with E-state index in [1.165, 1.54) is 11.1 Å². The monoisotopic (exact) mass is 437 g/mol. The zero-order chi connectivity index (χ0) is 22.9. The number of hydrogen-bond acceptors (Lipinski definition) is 5. The normalized spacial score (nSPS) is 23.4. The van der Waals surface area contributed by atoms with Crippen LogP contribution in [0, 0.1) is 5.41 Å². The first-order valence-electron chi connectivity index (χ1n) is 11.6. The van der Waals surface area contributed by atoms with Crippen molar-refractivity contribution in [2.75, 3.05) is 38.2 Å². The van der Waals surface area contributed by atoms with E-state index in [-0.39, 0.29) is 17.4 Å². The quantitative estimate of drug-likeness (QED) is 0.571. The molecule has 0 saturated carbocycles. The van der Waals surface area contributed by atoms with Crippen LogP contribution in [-0.2, 0) is 4.79 Å². The molecule has 2 fully saturated rings. The van der Waals surface area contributed by atoms with Crippen molar-refractivity contribution in [1.82, 2.24) is 9.88 Å². The number of pyridine rings is 1. The Kier molecular flexibility index (Phi) is 6.31. The second-order valence-electron chi connectivity index (χ2n) is 9.75. The molecular formula is C26H35N3O3. The maximum absolute atomic E-state index is 11.4. The molecule has 2 unspecified atom stereocenters. The zero-order valence-electron chi connectivity index (χ0n) is 19.9. The van der Waals surface area contributed by atoms with Gasteiger partial charge in [-0.2, -0.15) is 0 Å². The van der Waals surface area contributed by atoms with Gasteiger partial charge in [-0.05, 0) is 47.1 Å². The molecule has 1 aromatic carbocycles. The molecule has 6 heteroatoms. The Morgan fingerprint density at radius 3 is 2.56 bits per heavy atom. The summed E-state index contributed by atoms with van der Waals surface area (Å²) in [4.78, 5) is 20.2. The van der Waals surface area contributed by atoms with Crippen LogP contribution in [0.25, 0.3) is 0 Å². The molecule has 172 valence electrons. The fraction of sp³-hybridized carbons (Fsp3) is 0.538. The Balaban J connectivity index is 1.46. The van der Waals surface area contributed by atoms with Gasteiger partial charge in [-0.25, -0.2) is 4.98 Å². The summed E-state index contributed by atoms with van der Waals surface area (Å²) in [7, 11) is 1.68. The summed E-state index contributed by atoms with van der Waals surface area (Å²) < 4.78 is 11.9. The number of carbonyl (C=O) groups excluding carboxylic acids is 1. The number of aromatic nitrogens is 1. The molecule has 32 heavy (non-hydrogen) atoms. The predicted molar refractivity (Wildman–Crippen MR) is 127 cm³/mol. The number of carbonyl (C=O) groups is 1. The second kappa shape index (κ2) is 9.00. The number of benzene rings is 1. The molecule has 3 heterocycles. The molecule has 0 bridgehead atoms. The maximum atomic E-state index is 11.4. The smallest absolute Gasteiger partial charge is 0.209 e. The molecule has 2 aromatic rings. The average molecular weight is 438 g/mol. The van der Waals surface area contributed by atoms with Crippen molar-refractivity contribution >= 4 is 12.2 Å². The minimum Gasteiger partial charge on any atom is -0.493 e. The summed E-state index contributed by atoms with van der Waals surface area (Å²) in [5, 5.41) is 0. The van der Waals surface area contributed by atoms with Gasteiger partial charge in [0.1, 0.15) is 11.9 Å². The lowest BCUT2D eigenvalue weighted by molar-refractivity contribution is -0.117. The molecule has 2 atom stereocenters. The van der Waals surface area contributed by atoms with E-state index in [2.05, 4.69) is 61.8 Å². The van der Waals surface area contributed by atoms with E-state index in [4.69, 9.17) is 9.47 Å². The topological polar surface area (TPSA) is 54.9 Å². The molecule has 0 radical (unpaired) electrons. The summed E-state index contributed by atoms with van der Waals surface area (Å²) in [5.74, 6) is 3.29. The summed E-state index contributed by atoms with van der Waals surface area (Å²) >= 11 is 0. The van der Waals surface area contributed by atoms with E-state index in [0.29, 0.717) is 5.92 Å². The Morgan fingerprint density at radius 2 is 1.97 bits per heavy atom. The maximum Gasteiger partial charge on any atom is 0.209 e. The van der Waals surface area contributed by atoms with Gasteiger partial charge in [0.25, 0.3) is 0 Å². The predicted octanol–water partition coefficient (Wildman–Crippen LogP) is 4.45. The van der Waals surface area contributed by atoms with Crippen LogP contribution in [0.15, 0.2) is 36.5 Å². The van der Waals surface area contributed by atoms with Gasteiger partial charge in [0.2, 0.25) is 6.41 Å². The molecule has 4 rings (SSSR count). The number of likely N-dealkylation sites (tertiary alicyclic amines) is 1. The van der Waals surface area contributed by atoms with E-state index < -0.39 is 0 Å². The first kappa shape index (κ1) is 22.4. The first-order chi connectivity index (χ1) is 15.4. The molecule has 1 aromatic heterocycles. The molecule has 0 aliphatic carbocycles. The van der Waals surface area contributed by atoms with Crippen LogP contribution in [0.5, 0.6) is 11.5 Å². The Labute approximate surface area is 191 Å². The minimum absolute atomic E-state index is 0.0633. The summed E-state index contributed by atoms with van der Waals surface area (Å²) in [5.41, 5.74) is 2.52. The van der Waals surface area contributed by atoms with E-state index in [9.17, 15) is 4.79 Å². The number of anilines is 1. The molecular weight excluding hydrogens is 402 g/mol. The molecule has 1 amide bonds. The first-order valence-corrected chi connectivity index (χ1v) is 11.6. The highest BCUT2D eigenvalue weighted by atomic mass is 16.5. The molecule has 0 N–H and O–H groups in total. The molecule has 2 aliphatic rings. The molecule has 2 saturated heterocycles. The van der Waals surface area contributed by atoms with Crippen molar-refractivity contribution in [1.29, 1.82) is 0 Å². The third-order valence-electron chi connectivity index (χ3n) is 7.27. The van der Waals surface area contributed by atoms with Gasteiger partial charge in [0.15, 0.2) is 11.5 Å². The van der Waals surface area contributed by atoms with Crippen molar-refractivity contribution < 1.29 is 14.3 Å². The lowest BCUT2D eigenvalue weighted by atomic mass is 9.74. The number of nitrogens with zero attached hydrogens (tertiary/aromatic N) is 3. The van der Waals surface area contributed by atoms with Gasteiger partial charge in [-0.1, -0.05) is 39.8 Å². The highest BCUT2D eigenvalue weighted by Gasteiger charge is 2.42. The van der Waals surface area contributed by atoms with Gasteiger partial charge in [-0.15, -0.1) is 0 Å². The zero-order valence-corrected chi connectivity index (χ0v) is 19.9. The largest absolute Gasteiger partial charge is 0.493 e. The van der Waals surface area contributed by atoms with Gasteiger partial charge in [0.05, 0.1) is 20.2 Å². The number of methoxy groups -OCH3 is 1. The van der Waals surface area contributed by atoms with Crippen molar-refractivity contribution in [3.05, 3.63) is 47.7 Å². The fourth-order valence-electron chi connectivity index (χ4n) is 4.85. The molecule has 0 spiro atoms. The van der Waals surface area contributed by atoms with Crippen LogP contribution in [0.3, 0.4) is 0 Å². The number of hydrogen-bond donors (Lipinski definition) is 0. The number of ether oxygens (including phenoxy) is 2. The average Bonchev–Trinajstić information content (AvgIpc) is 3.13. The van der Waals surface area contributed by atoms with E-state index >= 15 is 0 Å². The lowest BCUT2D eigenvalue weighted by Gasteiger charge is -2.40. The Hall–Kier alpha value is -2.76. The van der Waals surface area contributed by atoms with Gasteiger partial charge in [-0.3, -0.25) is 4.79 Å². The van der Waals surface area contributed by atoms with Crippen LogP contribution < -0.4 is 14.4 Å². The van der Waals surface area contributed by atoms with E-state index in [0.717, 1.165) is 56.3 Å². The van der Waals surface area contributed by atoms with Crippen LogP contribution in [0.4, 0.5) is 5.82 Å². The van der Waals surface area contributed by atoms with Gasteiger partial charge < -0.3 is 19.3 Å². The minimum atomic E-state index is 0.0633. The Bertz CT molecular complexity index is 940. The highest BCUT2D eigenvalue weighted by Crippen LogP contribution is 2.46. The van der Waals surface area contributed by atoms with Gasteiger partial charge >= 0.3 is 0 Å². The standard InChI is InChI=1S/C26H35N3O3/c1-6-26(4)16-28(17-30)15-22(26)19-7-9-23(31-5)24(11-19)32-21-13-29(14-21)25-10-8-20(12-27-25)18(2)3/h7-12,17-18,21-22H,6,13-16H2,1-5H3. The number of amides is 1. The van der Waals surface area contributed by atoms with Crippen LogP contribution in [-0.4, -0.2) is 55.7 Å². The van der Waals surface area contributed by atoms with Crippen molar-refractivity contribution in [3.8, 4) is 11.5 Å². The highest BCUT2D eigenvalue weighted by molar-refractivity contribution is 5.51. The van der Waals surface area contributed by atoms with Crippen molar-refractivity contribution in [2.24, 2.45) is 5.41 Å². The molecule has 2 aliphatic heterocycles.